The normalized spacial score (nSPS) is 16.8. The molecule has 2 unspecified atom stereocenters. The van der Waals surface area contributed by atoms with Gasteiger partial charge in [-0.15, -0.1) is 0 Å². The van der Waals surface area contributed by atoms with Gasteiger partial charge in [0.1, 0.15) is 42.0 Å². The van der Waals surface area contributed by atoms with Crippen molar-refractivity contribution in [1.82, 2.24) is 19.3 Å². The molecular formula is C31H29FN4O5. The Hall–Kier alpha value is -4.70. The topological polar surface area (TPSA) is 87.4 Å². The lowest BCUT2D eigenvalue weighted by molar-refractivity contribution is 0.0992. The number of nitrogens with zero attached hydrogens (tertiary/aromatic N) is 4. The average Bonchev–Trinajstić information content (AvgIpc) is 3.59. The number of aromatic nitrogens is 3. The van der Waals surface area contributed by atoms with E-state index in [2.05, 4.69) is 4.98 Å². The van der Waals surface area contributed by atoms with Gasteiger partial charge in [-0.3, -0.25) is 4.40 Å². The first-order valence-corrected chi connectivity index (χ1v) is 13.3. The highest BCUT2D eigenvalue weighted by atomic mass is 19.1. The van der Waals surface area contributed by atoms with Crippen molar-refractivity contribution in [1.29, 1.82) is 0 Å². The van der Waals surface area contributed by atoms with E-state index in [9.17, 15) is 4.79 Å². The quantitative estimate of drug-likeness (QED) is 0.227. The van der Waals surface area contributed by atoms with Gasteiger partial charge in [-0.2, -0.15) is 0 Å². The fourth-order valence-electron chi connectivity index (χ4n) is 4.81. The van der Waals surface area contributed by atoms with Gasteiger partial charge in [0, 0.05) is 24.8 Å². The summed E-state index contributed by atoms with van der Waals surface area (Å²) < 4.78 is 39.2. The molecule has 0 saturated carbocycles. The van der Waals surface area contributed by atoms with Crippen molar-refractivity contribution in [2.75, 3.05) is 33.4 Å². The molecule has 6 rings (SSSR count). The molecule has 0 bridgehead atoms. The number of methoxy groups -OCH3 is 1. The highest BCUT2D eigenvalue weighted by Gasteiger charge is 2.38. The highest BCUT2D eigenvalue weighted by Crippen LogP contribution is 2.31. The number of alkyl halides is 1. The summed E-state index contributed by atoms with van der Waals surface area (Å²) in [6.45, 7) is 1.05. The van der Waals surface area contributed by atoms with Gasteiger partial charge in [0.25, 0.3) is 0 Å². The molecule has 0 aliphatic carbocycles. The van der Waals surface area contributed by atoms with Crippen molar-refractivity contribution in [3.8, 4) is 22.9 Å². The van der Waals surface area contributed by atoms with Gasteiger partial charge < -0.3 is 23.8 Å². The Bertz CT molecular complexity index is 1660. The van der Waals surface area contributed by atoms with Crippen LogP contribution in [-0.4, -0.2) is 71.1 Å². The van der Waals surface area contributed by atoms with Gasteiger partial charge in [0.15, 0.2) is 6.17 Å². The Morgan fingerprint density at radius 2 is 1.90 bits per heavy atom. The predicted octanol–water partition coefficient (Wildman–Crippen LogP) is 5.31. The number of carbonyl (C=O) groups excluding carboxylic acids is 1. The van der Waals surface area contributed by atoms with Crippen LogP contribution >= 0.6 is 0 Å². The Kier molecular flexibility index (Phi) is 7.64. The van der Waals surface area contributed by atoms with E-state index in [1.807, 2.05) is 77.3 Å². The molecule has 9 nitrogen and oxygen atoms in total. The van der Waals surface area contributed by atoms with Crippen LogP contribution in [0.3, 0.4) is 0 Å². The monoisotopic (exact) mass is 556 g/mol. The van der Waals surface area contributed by atoms with Gasteiger partial charge >= 0.3 is 6.09 Å². The number of halogens is 1. The Labute approximate surface area is 236 Å². The second-order valence-electron chi connectivity index (χ2n) is 9.72. The van der Waals surface area contributed by atoms with Crippen molar-refractivity contribution < 1.29 is 28.1 Å². The number of para-hydroxylation sites is 1. The van der Waals surface area contributed by atoms with E-state index in [0.717, 1.165) is 16.6 Å². The molecule has 0 radical (unpaired) electrons. The SMILES string of the molecule is COCCOc1ccn2c(-c3ccc4cccc(OC5CN(C(=O)OCc6ccccc6)CC5F)c4n3)cnc2c1. The zero-order valence-electron chi connectivity index (χ0n) is 22.5. The standard InChI is InChI=1S/C31H29FN4O5/c1-38-14-15-39-23-12-13-36-26(17-33-29(36)16-23)25-11-10-22-8-5-9-27(30(22)34-25)41-28-19-35(18-24(28)32)31(37)40-20-21-6-3-2-4-7-21/h2-13,16-17,24,28H,14-15,18-20H2,1H3. The number of likely N-dealkylation sites (tertiary alicyclic amines) is 1. The molecule has 3 aromatic heterocycles. The maximum atomic E-state index is 15.0. The first kappa shape index (κ1) is 26.5. The van der Waals surface area contributed by atoms with Gasteiger partial charge in [0.05, 0.1) is 37.3 Å². The fourth-order valence-corrected chi connectivity index (χ4v) is 4.81. The smallest absolute Gasteiger partial charge is 0.410 e. The van der Waals surface area contributed by atoms with Crippen LogP contribution < -0.4 is 9.47 Å². The number of rotatable bonds is 9. The fraction of sp³-hybridized carbons (Fsp3) is 0.258. The molecule has 1 aliphatic heterocycles. The summed E-state index contributed by atoms with van der Waals surface area (Å²) >= 11 is 0. The van der Waals surface area contributed by atoms with Crippen molar-refractivity contribution in [2.24, 2.45) is 0 Å². The molecule has 1 fully saturated rings. The average molecular weight is 557 g/mol. The number of ether oxygens (including phenoxy) is 4. The summed E-state index contributed by atoms with van der Waals surface area (Å²) in [5.41, 5.74) is 3.65. The summed E-state index contributed by atoms with van der Waals surface area (Å²) in [7, 11) is 1.63. The Morgan fingerprint density at radius 3 is 2.76 bits per heavy atom. The van der Waals surface area contributed by atoms with E-state index in [-0.39, 0.29) is 19.7 Å². The van der Waals surface area contributed by atoms with Crippen molar-refractivity contribution in [2.45, 2.75) is 18.9 Å². The van der Waals surface area contributed by atoms with Crippen LogP contribution in [0.15, 0.2) is 85.2 Å². The lowest BCUT2D eigenvalue weighted by Gasteiger charge is -2.18. The lowest BCUT2D eigenvalue weighted by Crippen LogP contribution is -2.31. The van der Waals surface area contributed by atoms with E-state index in [4.69, 9.17) is 23.9 Å². The molecule has 4 heterocycles. The highest BCUT2D eigenvalue weighted by molar-refractivity contribution is 5.86. The second kappa shape index (κ2) is 11.8. The number of fused-ring (bicyclic) bond motifs is 2. The molecule has 0 N–H and O–H groups in total. The molecule has 1 aliphatic rings. The van der Waals surface area contributed by atoms with Crippen LogP contribution in [0.4, 0.5) is 9.18 Å². The molecule has 41 heavy (non-hydrogen) atoms. The number of imidazole rings is 1. The number of pyridine rings is 2. The molecule has 2 atom stereocenters. The number of hydrogen-bond acceptors (Lipinski definition) is 7. The van der Waals surface area contributed by atoms with E-state index >= 15 is 4.39 Å². The third-order valence-corrected chi connectivity index (χ3v) is 6.93. The van der Waals surface area contributed by atoms with Gasteiger partial charge in [-0.05, 0) is 23.8 Å². The van der Waals surface area contributed by atoms with Gasteiger partial charge in [0.2, 0.25) is 0 Å². The molecule has 1 amide bonds. The van der Waals surface area contributed by atoms with E-state index in [1.54, 1.807) is 19.4 Å². The number of amides is 1. The number of carbonyl (C=O) groups is 1. The minimum Gasteiger partial charge on any atom is -0.491 e. The second-order valence-corrected chi connectivity index (χ2v) is 9.72. The minimum atomic E-state index is -1.36. The molecule has 1 saturated heterocycles. The summed E-state index contributed by atoms with van der Waals surface area (Å²) in [5, 5.41) is 0.849. The summed E-state index contributed by atoms with van der Waals surface area (Å²) in [6, 6.07) is 22.5. The van der Waals surface area contributed by atoms with Gasteiger partial charge in [-0.25, -0.2) is 19.2 Å². The Morgan fingerprint density at radius 1 is 1.02 bits per heavy atom. The largest absolute Gasteiger partial charge is 0.491 e. The summed E-state index contributed by atoms with van der Waals surface area (Å²) in [5.74, 6) is 1.14. The third-order valence-electron chi connectivity index (χ3n) is 6.93. The maximum absolute atomic E-state index is 15.0. The van der Waals surface area contributed by atoms with Crippen LogP contribution in [0.1, 0.15) is 5.56 Å². The minimum absolute atomic E-state index is 0.0763. The third kappa shape index (κ3) is 5.78. The zero-order valence-corrected chi connectivity index (χ0v) is 22.5. The lowest BCUT2D eigenvalue weighted by atomic mass is 10.1. The Balaban J connectivity index is 1.19. The first-order valence-electron chi connectivity index (χ1n) is 13.3. The predicted molar refractivity (Wildman–Crippen MR) is 151 cm³/mol. The van der Waals surface area contributed by atoms with Crippen LogP contribution in [0.25, 0.3) is 27.9 Å². The van der Waals surface area contributed by atoms with Crippen molar-refractivity contribution >= 4 is 22.6 Å². The molecule has 5 aromatic rings. The summed E-state index contributed by atoms with van der Waals surface area (Å²) in [6.07, 6.45) is 0.853. The molecule has 10 heteroatoms. The van der Waals surface area contributed by atoms with Crippen LogP contribution in [0, 0.1) is 0 Å². The molecule has 210 valence electrons. The van der Waals surface area contributed by atoms with Crippen molar-refractivity contribution in [3.63, 3.8) is 0 Å². The van der Waals surface area contributed by atoms with Crippen LogP contribution in [0.5, 0.6) is 11.5 Å². The van der Waals surface area contributed by atoms with Crippen LogP contribution in [-0.2, 0) is 16.1 Å². The molecular weight excluding hydrogens is 527 g/mol. The first-order chi connectivity index (χ1) is 20.1. The molecule has 2 aromatic carbocycles. The number of hydrogen-bond donors (Lipinski definition) is 0. The van der Waals surface area contributed by atoms with E-state index in [1.165, 1.54) is 4.90 Å². The van der Waals surface area contributed by atoms with E-state index < -0.39 is 18.4 Å². The molecule has 0 spiro atoms. The van der Waals surface area contributed by atoms with Crippen LogP contribution in [0.2, 0.25) is 0 Å². The number of benzene rings is 2. The maximum Gasteiger partial charge on any atom is 0.410 e. The van der Waals surface area contributed by atoms with Gasteiger partial charge in [-0.1, -0.05) is 48.5 Å². The van der Waals surface area contributed by atoms with E-state index in [0.29, 0.717) is 41.6 Å². The van der Waals surface area contributed by atoms with Crippen molar-refractivity contribution in [3.05, 3.63) is 90.8 Å². The summed E-state index contributed by atoms with van der Waals surface area (Å²) in [4.78, 5) is 23.3. The zero-order chi connectivity index (χ0) is 28.2.